The summed E-state index contributed by atoms with van der Waals surface area (Å²) in [5.41, 5.74) is 0.552. The van der Waals surface area contributed by atoms with Crippen LogP contribution >= 0.6 is 0 Å². The van der Waals surface area contributed by atoms with Crippen LogP contribution < -0.4 is 15.4 Å². The second-order valence-electron chi connectivity index (χ2n) is 7.04. The minimum Gasteiger partial charge on any atom is -0.457 e. The number of nitrogens with one attached hydrogen (secondary N) is 2. The number of hydrogen-bond acceptors (Lipinski definition) is 7. The highest BCUT2D eigenvalue weighted by molar-refractivity contribution is 5.93. The lowest BCUT2D eigenvalue weighted by atomic mass is 10.2. The van der Waals surface area contributed by atoms with Gasteiger partial charge >= 0.3 is 11.9 Å². The number of carbonyl (C=O) groups excluding carboxylic acids is 4. The van der Waals surface area contributed by atoms with Crippen molar-refractivity contribution in [3.63, 3.8) is 0 Å². The average Bonchev–Trinajstić information content (AvgIpc) is 2.80. The van der Waals surface area contributed by atoms with E-state index in [2.05, 4.69) is 10.6 Å². The second kappa shape index (κ2) is 12.2. The molecule has 176 valence electrons. The summed E-state index contributed by atoms with van der Waals surface area (Å²) in [4.78, 5) is 47.7. The van der Waals surface area contributed by atoms with Gasteiger partial charge in [-0.05, 0) is 76.2 Å². The summed E-state index contributed by atoms with van der Waals surface area (Å²) in [6.07, 6.45) is -1.80. The summed E-state index contributed by atoms with van der Waals surface area (Å²) in [5, 5.41) is 5.17. The fourth-order valence-electron chi connectivity index (χ4n) is 2.65. The Balaban J connectivity index is 1.93. The van der Waals surface area contributed by atoms with E-state index in [1.807, 2.05) is 0 Å². The van der Waals surface area contributed by atoms with Gasteiger partial charge in [0.1, 0.15) is 11.5 Å². The van der Waals surface area contributed by atoms with Gasteiger partial charge in [-0.15, -0.1) is 0 Å². The molecule has 0 bridgehead atoms. The first-order valence-electron chi connectivity index (χ1n) is 10.6. The Morgan fingerprint density at radius 1 is 0.667 bits per heavy atom. The van der Waals surface area contributed by atoms with Crippen LogP contribution in [0.5, 0.6) is 11.5 Å². The molecular weight excluding hydrogens is 428 g/mol. The highest BCUT2D eigenvalue weighted by Gasteiger charge is 2.19. The number of ether oxygens (including phenoxy) is 3. The highest BCUT2D eigenvalue weighted by Crippen LogP contribution is 2.23. The lowest BCUT2D eigenvalue weighted by Gasteiger charge is -2.13. The zero-order valence-corrected chi connectivity index (χ0v) is 19.0. The summed E-state index contributed by atoms with van der Waals surface area (Å²) >= 11 is 0. The molecule has 0 aliphatic heterocycles. The van der Waals surface area contributed by atoms with Gasteiger partial charge in [0.15, 0.2) is 12.2 Å². The number of amides is 2. The third-order valence-electron chi connectivity index (χ3n) is 4.42. The van der Waals surface area contributed by atoms with Crippen LogP contribution in [0.15, 0.2) is 48.5 Å². The van der Waals surface area contributed by atoms with Crippen molar-refractivity contribution in [2.75, 3.05) is 13.1 Å². The maximum absolute atomic E-state index is 12.2. The van der Waals surface area contributed by atoms with Crippen LogP contribution in [0.4, 0.5) is 0 Å². The van der Waals surface area contributed by atoms with E-state index in [0.29, 0.717) is 24.6 Å². The van der Waals surface area contributed by atoms with Gasteiger partial charge in [-0.1, -0.05) is 0 Å². The molecule has 0 spiro atoms. The van der Waals surface area contributed by atoms with Crippen LogP contribution in [0.3, 0.4) is 0 Å². The van der Waals surface area contributed by atoms with Gasteiger partial charge in [-0.25, -0.2) is 9.59 Å². The molecule has 0 saturated heterocycles. The summed E-state index contributed by atoms with van der Waals surface area (Å²) in [7, 11) is 0. The molecule has 2 unspecified atom stereocenters. The van der Waals surface area contributed by atoms with Crippen LogP contribution in [0.25, 0.3) is 0 Å². The quantitative estimate of drug-likeness (QED) is 0.528. The lowest BCUT2D eigenvalue weighted by molar-refractivity contribution is -0.129. The second-order valence-corrected chi connectivity index (χ2v) is 7.04. The summed E-state index contributed by atoms with van der Waals surface area (Å²) < 4.78 is 16.0. The average molecular weight is 456 g/mol. The maximum Gasteiger partial charge on any atom is 0.338 e. The highest BCUT2D eigenvalue weighted by atomic mass is 16.6. The van der Waals surface area contributed by atoms with Gasteiger partial charge < -0.3 is 24.8 Å². The Kier molecular flexibility index (Phi) is 9.41. The minimum atomic E-state index is -0.900. The molecule has 2 N–H and O–H groups in total. The molecule has 2 aromatic rings. The molecule has 9 heteroatoms. The summed E-state index contributed by atoms with van der Waals surface area (Å²) in [5.74, 6) is -1.05. The molecular formula is C24H28N2O7. The topological polar surface area (TPSA) is 120 Å². The number of rotatable bonds is 10. The SMILES string of the molecule is CCNC(=O)C(C)OC(=O)c1ccc(Oc2ccc(C(=O)OC(C)C(=O)NCC)cc2)cc1. The lowest BCUT2D eigenvalue weighted by Crippen LogP contribution is -2.35. The van der Waals surface area contributed by atoms with Crippen LogP contribution in [0.2, 0.25) is 0 Å². The molecule has 33 heavy (non-hydrogen) atoms. The Labute approximate surface area is 192 Å². The summed E-state index contributed by atoms with van der Waals surface area (Å²) in [6.45, 7) is 7.45. The number of benzene rings is 2. The monoisotopic (exact) mass is 456 g/mol. The van der Waals surface area contributed by atoms with Gasteiger partial charge in [-0.2, -0.15) is 0 Å². The van der Waals surface area contributed by atoms with E-state index < -0.39 is 24.1 Å². The van der Waals surface area contributed by atoms with E-state index in [-0.39, 0.29) is 22.9 Å². The molecule has 0 heterocycles. The number of esters is 2. The van der Waals surface area contributed by atoms with E-state index in [1.54, 1.807) is 38.1 Å². The molecule has 2 atom stereocenters. The van der Waals surface area contributed by atoms with Gasteiger partial charge in [0.05, 0.1) is 11.1 Å². The Hall–Kier alpha value is -3.88. The van der Waals surface area contributed by atoms with Crippen molar-refractivity contribution in [3.8, 4) is 11.5 Å². The van der Waals surface area contributed by atoms with E-state index in [9.17, 15) is 19.2 Å². The van der Waals surface area contributed by atoms with Crippen LogP contribution in [0, 0.1) is 0 Å². The van der Waals surface area contributed by atoms with Gasteiger partial charge in [-0.3, -0.25) is 9.59 Å². The normalized spacial score (nSPS) is 12.1. The first-order valence-corrected chi connectivity index (χ1v) is 10.6. The molecule has 0 fully saturated rings. The van der Waals surface area contributed by atoms with Crippen LogP contribution in [0.1, 0.15) is 48.4 Å². The standard InChI is InChI=1S/C24H28N2O7/c1-5-25-21(27)15(3)31-23(29)17-7-11-19(12-8-17)33-20-13-9-18(10-14-20)24(30)32-16(4)22(28)26-6-2/h7-16H,5-6H2,1-4H3,(H,25,27)(H,26,28). The molecule has 0 aliphatic carbocycles. The van der Waals surface area contributed by atoms with E-state index in [0.717, 1.165) is 0 Å². The largest absolute Gasteiger partial charge is 0.457 e. The fourth-order valence-corrected chi connectivity index (χ4v) is 2.65. The Morgan fingerprint density at radius 2 is 1.00 bits per heavy atom. The van der Waals surface area contributed by atoms with Crippen molar-refractivity contribution in [1.29, 1.82) is 0 Å². The molecule has 2 aromatic carbocycles. The van der Waals surface area contributed by atoms with Crippen molar-refractivity contribution in [1.82, 2.24) is 10.6 Å². The zero-order chi connectivity index (χ0) is 24.4. The third-order valence-corrected chi connectivity index (χ3v) is 4.42. The van der Waals surface area contributed by atoms with E-state index >= 15 is 0 Å². The van der Waals surface area contributed by atoms with Crippen LogP contribution in [-0.4, -0.2) is 49.1 Å². The molecule has 2 amide bonds. The number of hydrogen-bond donors (Lipinski definition) is 2. The third kappa shape index (κ3) is 7.64. The first-order chi connectivity index (χ1) is 15.7. The molecule has 2 rings (SSSR count). The first kappa shape index (κ1) is 25.4. The van der Waals surface area contributed by atoms with Gasteiger partial charge in [0.2, 0.25) is 0 Å². The minimum absolute atomic E-state index is 0.276. The van der Waals surface area contributed by atoms with E-state index in [1.165, 1.54) is 38.1 Å². The van der Waals surface area contributed by atoms with Crippen molar-refractivity contribution >= 4 is 23.8 Å². The van der Waals surface area contributed by atoms with Crippen molar-refractivity contribution < 1.29 is 33.4 Å². The number of likely N-dealkylation sites (N-methyl/N-ethyl adjacent to an activating group) is 2. The maximum atomic E-state index is 12.2. The molecule has 0 aliphatic rings. The Bertz CT molecular complexity index is 892. The summed E-state index contributed by atoms with van der Waals surface area (Å²) in [6, 6.07) is 12.4. The van der Waals surface area contributed by atoms with Crippen molar-refractivity contribution in [2.45, 2.75) is 39.9 Å². The molecule has 0 saturated carbocycles. The van der Waals surface area contributed by atoms with Crippen molar-refractivity contribution in [2.24, 2.45) is 0 Å². The smallest absolute Gasteiger partial charge is 0.338 e. The zero-order valence-electron chi connectivity index (χ0n) is 19.0. The van der Waals surface area contributed by atoms with Crippen molar-refractivity contribution in [3.05, 3.63) is 59.7 Å². The molecule has 0 radical (unpaired) electrons. The van der Waals surface area contributed by atoms with Gasteiger partial charge in [0, 0.05) is 13.1 Å². The predicted octanol–water partition coefficient (Wildman–Crippen LogP) is 2.84. The fraction of sp³-hybridized carbons (Fsp3) is 0.333. The number of carbonyl (C=O) groups is 4. The van der Waals surface area contributed by atoms with Crippen LogP contribution in [-0.2, 0) is 19.1 Å². The van der Waals surface area contributed by atoms with E-state index in [4.69, 9.17) is 14.2 Å². The Morgan fingerprint density at radius 3 is 1.30 bits per heavy atom. The predicted molar refractivity (Wildman–Crippen MR) is 120 cm³/mol. The van der Waals surface area contributed by atoms with Gasteiger partial charge in [0.25, 0.3) is 11.8 Å². The molecule has 0 aromatic heterocycles. The molecule has 9 nitrogen and oxygen atoms in total.